The molecular formula is C10H15NO3. The highest BCUT2D eigenvalue weighted by molar-refractivity contribution is 5.58. The number of nitrogens with one attached hydrogen (secondary N) is 1. The van der Waals surface area contributed by atoms with E-state index in [1.165, 1.54) is 7.11 Å². The number of aryl methyl sites for hydroxylation is 1. The van der Waals surface area contributed by atoms with Crippen LogP contribution in [0.15, 0.2) is 12.1 Å². The minimum absolute atomic E-state index is 0.108. The summed E-state index contributed by atoms with van der Waals surface area (Å²) in [6, 6.07) is 3.34. The fraction of sp³-hybridized carbons (Fsp3) is 0.400. The number of hydrogen-bond donors (Lipinski definition) is 2. The summed E-state index contributed by atoms with van der Waals surface area (Å²) in [5.41, 5.74) is 4.35. The zero-order valence-corrected chi connectivity index (χ0v) is 8.63. The molecular weight excluding hydrogens is 182 g/mol. The first-order chi connectivity index (χ1) is 6.69. The Balaban J connectivity index is 2.97. The van der Waals surface area contributed by atoms with E-state index in [1.54, 1.807) is 12.1 Å². The molecule has 78 valence electrons. The molecule has 0 amide bonds. The van der Waals surface area contributed by atoms with Crippen molar-refractivity contribution in [2.75, 3.05) is 19.2 Å². The van der Waals surface area contributed by atoms with Gasteiger partial charge in [0.05, 0.1) is 19.4 Å². The lowest BCUT2D eigenvalue weighted by atomic mass is 10.2. The molecule has 0 atom stereocenters. The maximum absolute atomic E-state index is 9.55. The van der Waals surface area contributed by atoms with Gasteiger partial charge in [0.25, 0.3) is 0 Å². The molecule has 0 aromatic heterocycles. The molecule has 0 saturated heterocycles. The Labute approximate surface area is 83.4 Å². The van der Waals surface area contributed by atoms with Crippen molar-refractivity contribution in [2.24, 2.45) is 0 Å². The van der Waals surface area contributed by atoms with E-state index >= 15 is 0 Å². The summed E-state index contributed by atoms with van der Waals surface area (Å²) in [4.78, 5) is 4.76. The molecule has 1 rings (SSSR count). The monoisotopic (exact) mass is 197 g/mol. The minimum Gasteiger partial charge on any atom is -0.504 e. The highest BCUT2D eigenvalue weighted by Crippen LogP contribution is 2.32. The van der Waals surface area contributed by atoms with Gasteiger partial charge in [0.1, 0.15) is 0 Å². The third-order valence-corrected chi connectivity index (χ3v) is 1.82. The number of rotatable bonds is 4. The van der Waals surface area contributed by atoms with Crippen LogP contribution in [-0.4, -0.2) is 18.8 Å². The maximum atomic E-state index is 9.55. The molecule has 0 aliphatic rings. The van der Waals surface area contributed by atoms with Crippen molar-refractivity contribution in [3.05, 3.63) is 17.7 Å². The van der Waals surface area contributed by atoms with Crippen LogP contribution >= 0.6 is 0 Å². The predicted octanol–water partition coefficient (Wildman–Crippen LogP) is 2.07. The molecule has 1 aromatic rings. The number of anilines is 1. The van der Waals surface area contributed by atoms with E-state index in [0.29, 0.717) is 12.4 Å². The smallest absolute Gasteiger partial charge is 0.161 e. The molecule has 0 aliphatic heterocycles. The highest BCUT2D eigenvalue weighted by Gasteiger charge is 2.06. The Morgan fingerprint density at radius 2 is 2.14 bits per heavy atom. The summed E-state index contributed by atoms with van der Waals surface area (Å²) >= 11 is 0. The third kappa shape index (κ3) is 2.29. The molecule has 0 radical (unpaired) electrons. The molecule has 0 fully saturated rings. The van der Waals surface area contributed by atoms with Gasteiger partial charge in [-0.05, 0) is 25.5 Å². The van der Waals surface area contributed by atoms with Gasteiger partial charge in [-0.25, -0.2) is 0 Å². The Morgan fingerprint density at radius 1 is 1.43 bits per heavy atom. The molecule has 0 heterocycles. The van der Waals surface area contributed by atoms with E-state index in [0.717, 1.165) is 11.3 Å². The van der Waals surface area contributed by atoms with Crippen molar-refractivity contribution in [1.29, 1.82) is 0 Å². The fourth-order valence-electron chi connectivity index (χ4n) is 1.16. The van der Waals surface area contributed by atoms with Gasteiger partial charge in [-0.2, -0.15) is 0 Å². The molecule has 14 heavy (non-hydrogen) atoms. The standard InChI is InChI=1S/C10H15NO3/c1-4-14-10-5-7(2)8(11-13-3)6-9(10)12/h5-6,11-12H,4H2,1-3H3. The molecule has 0 aliphatic carbocycles. The fourth-order valence-corrected chi connectivity index (χ4v) is 1.16. The van der Waals surface area contributed by atoms with Crippen molar-refractivity contribution >= 4 is 5.69 Å². The van der Waals surface area contributed by atoms with Crippen molar-refractivity contribution in [1.82, 2.24) is 0 Å². The van der Waals surface area contributed by atoms with Crippen LogP contribution < -0.4 is 10.2 Å². The Hall–Kier alpha value is -1.42. The van der Waals surface area contributed by atoms with Gasteiger partial charge in [0.15, 0.2) is 11.5 Å². The minimum atomic E-state index is 0.108. The first-order valence-corrected chi connectivity index (χ1v) is 4.44. The van der Waals surface area contributed by atoms with Gasteiger partial charge in [0.2, 0.25) is 0 Å². The number of ether oxygens (including phenoxy) is 1. The molecule has 4 nitrogen and oxygen atoms in total. The quantitative estimate of drug-likeness (QED) is 0.725. The topological polar surface area (TPSA) is 50.7 Å². The Morgan fingerprint density at radius 3 is 2.71 bits per heavy atom. The summed E-state index contributed by atoms with van der Waals surface area (Å²) in [5.74, 6) is 0.601. The van der Waals surface area contributed by atoms with Crippen LogP contribution in [0.5, 0.6) is 11.5 Å². The summed E-state index contributed by atoms with van der Waals surface area (Å²) in [7, 11) is 1.52. The summed E-state index contributed by atoms with van der Waals surface area (Å²) in [5, 5.41) is 9.55. The average Bonchev–Trinajstić information content (AvgIpc) is 2.14. The lowest BCUT2D eigenvalue weighted by Crippen LogP contribution is -1.99. The summed E-state index contributed by atoms with van der Waals surface area (Å²) < 4.78 is 5.23. The van der Waals surface area contributed by atoms with E-state index < -0.39 is 0 Å². The molecule has 0 unspecified atom stereocenters. The largest absolute Gasteiger partial charge is 0.504 e. The Kier molecular flexibility index (Phi) is 3.59. The molecule has 4 heteroatoms. The highest BCUT2D eigenvalue weighted by atomic mass is 16.6. The lowest BCUT2D eigenvalue weighted by Gasteiger charge is -2.11. The van der Waals surface area contributed by atoms with Crippen molar-refractivity contribution in [3.63, 3.8) is 0 Å². The molecule has 0 saturated carbocycles. The first kappa shape index (κ1) is 10.7. The second-order valence-electron chi connectivity index (χ2n) is 2.87. The van der Waals surface area contributed by atoms with Gasteiger partial charge in [-0.3, -0.25) is 10.3 Å². The van der Waals surface area contributed by atoms with Gasteiger partial charge < -0.3 is 9.84 Å². The molecule has 0 spiro atoms. The van der Waals surface area contributed by atoms with Crippen LogP contribution in [0.1, 0.15) is 12.5 Å². The van der Waals surface area contributed by atoms with Crippen LogP contribution in [-0.2, 0) is 4.84 Å². The zero-order chi connectivity index (χ0) is 10.6. The Bertz CT molecular complexity index is 281. The predicted molar refractivity (Wildman–Crippen MR) is 54.6 cm³/mol. The third-order valence-electron chi connectivity index (χ3n) is 1.82. The first-order valence-electron chi connectivity index (χ1n) is 4.44. The number of phenolic OH excluding ortho intramolecular Hbond substituents is 1. The number of hydrogen-bond acceptors (Lipinski definition) is 4. The van der Waals surface area contributed by atoms with Crippen LogP contribution in [0.25, 0.3) is 0 Å². The lowest BCUT2D eigenvalue weighted by molar-refractivity contribution is 0.270. The van der Waals surface area contributed by atoms with Crippen molar-refractivity contribution < 1.29 is 14.7 Å². The SMILES string of the molecule is CCOc1cc(C)c(NOC)cc1O. The second-order valence-corrected chi connectivity index (χ2v) is 2.87. The normalized spacial score (nSPS) is 9.93. The maximum Gasteiger partial charge on any atom is 0.161 e. The molecule has 1 aromatic carbocycles. The van der Waals surface area contributed by atoms with E-state index in [9.17, 15) is 5.11 Å². The van der Waals surface area contributed by atoms with E-state index in [-0.39, 0.29) is 5.75 Å². The number of aromatic hydroxyl groups is 1. The summed E-state index contributed by atoms with van der Waals surface area (Å²) in [6.07, 6.45) is 0. The zero-order valence-electron chi connectivity index (χ0n) is 8.63. The van der Waals surface area contributed by atoms with E-state index in [2.05, 4.69) is 5.48 Å². The van der Waals surface area contributed by atoms with Crippen LogP contribution in [0.2, 0.25) is 0 Å². The van der Waals surface area contributed by atoms with Crippen molar-refractivity contribution in [2.45, 2.75) is 13.8 Å². The van der Waals surface area contributed by atoms with Crippen LogP contribution in [0.3, 0.4) is 0 Å². The van der Waals surface area contributed by atoms with E-state index in [1.807, 2.05) is 13.8 Å². The van der Waals surface area contributed by atoms with Gasteiger partial charge in [-0.15, -0.1) is 0 Å². The van der Waals surface area contributed by atoms with Crippen molar-refractivity contribution in [3.8, 4) is 11.5 Å². The average molecular weight is 197 g/mol. The summed E-state index contributed by atoms with van der Waals surface area (Å²) in [6.45, 7) is 4.31. The van der Waals surface area contributed by atoms with Crippen LogP contribution in [0, 0.1) is 6.92 Å². The number of benzene rings is 1. The van der Waals surface area contributed by atoms with Gasteiger partial charge in [0, 0.05) is 6.07 Å². The number of phenols is 1. The molecule has 0 bridgehead atoms. The van der Waals surface area contributed by atoms with Gasteiger partial charge in [-0.1, -0.05) is 0 Å². The second kappa shape index (κ2) is 4.72. The van der Waals surface area contributed by atoms with E-state index in [4.69, 9.17) is 9.57 Å². The van der Waals surface area contributed by atoms with Gasteiger partial charge >= 0.3 is 0 Å². The van der Waals surface area contributed by atoms with Crippen LogP contribution in [0.4, 0.5) is 5.69 Å². The molecule has 2 N–H and O–H groups in total.